The van der Waals surface area contributed by atoms with Gasteiger partial charge in [0.2, 0.25) is 0 Å². The fourth-order valence-electron chi connectivity index (χ4n) is 1.17. The van der Waals surface area contributed by atoms with E-state index in [0.29, 0.717) is 6.42 Å². The zero-order valence-electron chi connectivity index (χ0n) is 9.29. The van der Waals surface area contributed by atoms with Gasteiger partial charge in [0, 0.05) is 12.5 Å². The molecule has 1 aromatic rings. The summed E-state index contributed by atoms with van der Waals surface area (Å²) in [7, 11) is -3.02. The van der Waals surface area contributed by atoms with Crippen molar-refractivity contribution in [1.29, 1.82) is 0 Å². The summed E-state index contributed by atoms with van der Waals surface area (Å²) < 4.78 is 26.9. The molecule has 94 valence electrons. The topological polar surface area (TPSA) is 93.6 Å². The standard InChI is InChI=1S/C10H13NO5S/c1-17(14,15)6-2-5-16-9-7-11-4-3-8(9)10(12)13/h3-4,7H,2,5-6H2,1H3,(H,12,13). The van der Waals surface area contributed by atoms with Crippen LogP contribution < -0.4 is 4.74 Å². The number of sulfone groups is 1. The number of carboxylic acid groups (broad SMARTS) is 1. The van der Waals surface area contributed by atoms with E-state index in [0.717, 1.165) is 6.26 Å². The third kappa shape index (κ3) is 4.81. The number of aromatic nitrogens is 1. The molecule has 0 amide bonds. The van der Waals surface area contributed by atoms with E-state index in [2.05, 4.69) is 4.98 Å². The third-order valence-corrected chi connectivity index (χ3v) is 2.96. The molecule has 0 spiro atoms. The van der Waals surface area contributed by atoms with Crippen molar-refractivity contribution in [2.45, 2.75) is 6.42 Å². The van der Waals surface area contributed by atoms with Crippen molar-refractivity contribution in [3.8, 4) is 5.75 Å². The van der Waals surface area contributed by atoms with Gasteiger partial charge in [-0.3, -0.25) is 4.98 Å². The zero-order chi connectivity index (χ0) is 12.9. The van der Waals surface area contributed by atoms with Gasteiger partial charge in [0.05, 0.1) is 18.6 Å². The predicted octanol–water partition coefficient (Wildman–Crippen LogP) is 0.593. The van der Waals surface area contributed by atoms with Gasteiger partial charge in [-0.1, -0.05) is 0 Å². The molecule has 0 aliphatic rings. The van der Waals surface area contributed by atoms with Gasteiger partial charge in [-0.2, -0.15) is 0 Å². The Balaban J connectivity index is 2.55. The van der Waals surface area contributed by atoms with Crippen molar-refractivity contribution in [2.75, 3.05) is 18.6 Å². The predicted molar refractivity (Wildman–Crippen MR) is 61.0 cm³/mol. The molecule has 1 heterocycles. The van der Waals surface area contributed by atoms with Gasteiger partial charge in [-0.05, 0) is 12.5 Å². The Morgan fingerprint density at radius 2 is 2.24 bits per heavy atom. The first-order chi connectivity index (χ1) is 7.90. The van der Waals surface area contributed by atoms with E-state index < -0.39 is 15.8 Å². The van der Waals surface area contributed by atoms with E-state index >= 15 is 0 Å². The average Bonchev–Trinajstić information content (AvgIpc) is 2.23. The molecule has 0 radical (unpaired) electrons. The molecule has 0 unspecified atom stereocenters. The van der Waals surface area contributed by atoms with Crippen LogP contribution in [0.15, 0.2) is 18.5 Å². The molecule has 0 aromatic carbocycles. The van der Waals surface area contributed by atoms with E-state index in [4.69, 9.17) is 9.84 Å². The van der Waals surface area contributed by atoms with Crippen LogP contribution in [0.1, 0.15) is 16.8 Å². The second kappa shape index (κ2) is 5.62. The molecule has 7 heteroatoms. The lowest BCUT2D eigenvalue weighted by Crippen LogP contribution is -2.10. The molecule has 0 saturated heterocycles. The molecule has 17 heavy (non-hydrogen) atoms. The molecule has 0 aliphatic heterocycles. The van der Waals surface area contributed by atoms with Gasteiger partial charge < -0.3 is 9.84 Å². The first-order valence-electron chi connectivity index (χ1n) is 4.88. The van der Waals surface area contributed by atoms with E-state index in [1.165, 1.54) is 18.5 Å². The number of hydrogen-bond acceptors (Lipinski definition) is 5. The maximum Gasteiger partial charge on any atom is 0.339 e. The van der Waals surface area contributed by atoms with Crippen LogP contribution in [-0.4, -0.2) is 43.1 Å². The summed E-state index contributed by atoms with van der Waals surface area (Å²) in [6, 6.07) is 1.33. The van der Waals surface area contributed by atoms with Gasteiger partial charge in [0.25, 0.3) is 0 Å². The van der Waals surface area contributed by atoms with Crippen molar-refractivity contribution in [3.05, 3.63) is 24.0 Å². The van der Waals surface area contributed by atoms with Crippen LogP contribution in [0.2, 0.25) is 0 Å². The SMILES string of the molecule is CS(=O)(=O)CCCOc1cnccc1C(=O)O. The van der Waals surface area contributed by atoms with Gasteiger partial charge in [-0.25, -0.2) is 13.2 Å². The number of ether oxygens (including phenoxy) is 1. The summed E-state index contributed by atoms with van der Waals surface area (Å²) in [5.74, 6) is -0.950. The molecular weight excluding hydrogens is 246 g/mol. The first-order valence-corrected chi connectivity index (χ1v) is 6.94. The van der Waals surface area contributed by atoms with Gasteiger partial charge >= 0.3 is 5.97 Å². The number of rotatable bonds is 6. The highest BCUT2D eigenvalue weighted by Crippen LogP contribution is 2.16. The number of pyridine rings is 1. The van der Waals surface area contributed by atoms with Gasteiger partial charge in [-0.15, -0.1) is 0 Å². The van der Waals surface area contributed by atoms with Crippen molar-refractivity contribution in [2.24, 2.45) is 0 Å². The normalized spacial score (nSPS) is 11.1. The first kappa shape index (κ1) is 13.4. The molecular formula is C10H13NO5S. The summed E-state index contributed by atoms with van der Waals surface area (Å²) in [5.41, 5.74) is 0.0133. The zero-order valence-corrected chi connectivity index (χ0v) is 10.1. The van der Waals surface area contributed by atoms with E-state index in [1.807, 2.05) is 0 Å². The molecule has 6 nitrogen and oxygen atoms in total. The summed E-state index contributed by atoms with van der Waals surface area (Å²) in [4.78, 5) is 14.6. The largest absolute Gasteiger partial charge is 0.491 e. The minimum atomic E-state index is -3.02. The highest BCUT2D eigenvalue weighted by molar-refractivity contribution is 7.90. The van der Waals surface area contributed by atoms with Crippen molar-refractivity contribution < 1.29 is 23.1 Å². The second-order valence-electron chi connectivity index (χ2n) is 3.51. The molecule has 0 saturated carbocycles. The van der Waals surface area contributed by atoms with Crippen LogP contribution in [0.25, 0.3) is 0 Å². The Hall–Kier alpha value is -1.63. The van der Waals surface area contributed by atoms with Crippen LogP contribution in [0.3, 0.4) is 0 Å². The number of carboxylic acids is 1. The fraction of sp³-hybridized carbons (Fsp3) is 0.400. The van der Waals surface area contributed by atoms with Crippen molar-refractivity contribution in [1.82, 2.24) is 4.98 Å². The van der Waals surface area contributed by atoms with Crippen LogP contribution in [-0.2, 0) is 9.84 Å². The van der Waals surface area contributed by atoms with Crippen LogP contribution in [0.5, 0.6) is 5.75 Å². The Bertz CT molecular complexity index is 497. The summed E-state index contributed by atoms with van der Waals surface area (Å²) >= 11 is 0. The van der Waals surface area contributed by atoms with Crippen molar-refractivity contribution >= 4 is 15.8 Å². The molecule has 0 fully saturated rings. The molecule has 1 rings (SSSR count). The number of nitrogens with zero attached hydrogens (tertiary/aromatic N) is 1. The summed E-state index contributed by atoms with van der Waals surface area (Å²) in [6.45, 7) is 0.138. The quantitative estimate of drug-likeness (QED) is 0.751. The van der Waals surface area contributed by atoms with E-state index in [1.54, 1.807) is 0 Å². The van der Waals surface area contributed by atoms with Gasteiger partial charge in [0.15, 0.2) is 5.75 Å². The lowest BCUT2D eigenvalue weighted by atomic mass is 10.2. The van der Waals surface area contributed by atoms with E-state index in [-0.39, 0.29) is 23.7 Å². The lowest BCUT2D eigenvalue weighted by molar-refractivity contribution is 0.0692. The number of hydrogen-bond donors (Lipinski definition) is 1. The summed E-state index contributed by atoms with van der Waals surface area (Å²) in [6.07, 6.45) is 4.10. The van der Waals surface area contributed by atoms with Crippen LogP contribution >= 0.6 is 0 Å². The molecule has 0 atom stereocenters. The van der Waals surface area contributed by atoms with Crippen molar-refractivity contribution in [3.63, 3.8) is 0 Å². The number of carbonyl (C=O) groups is 1. The lowest BCUT2D eigenvalue weighted by Gasteiger charge is -2.07. The number of aromatic carboxylic acids is 1. The Kier molecular flexibility index (Phi) is 4.45. The maximum absolute atomic E-state index is 10.9. The fourth-order valence-corrected chi connectivity index (χ4v) is 1.82. The second-order valence-corrected chi connectivity index (χ2v) is 5.77. The molecule has 0 aliphatic carbocycles. The summed E-state index contributed by atoms with van der Waals surface area (Å²) in [5, 5.41) is 8.85. The monoisotopic (exact) mass is 259 g/mol. The maximum atomic E-state index is 10.9. The van der Waals surface area contributed by atoms with Gasteiger partial charge in [0.1, 0.15) is 15.4 Å². The Morgan fingerprint density at radius 1 is 1.53 bits per heavy atom. The minimum absolute atomic E-state index is 0.00959. The Morgan fingerprint density at radius 3 is 2.82 bits per heavy atom. The Labute approximate surface area is 99.2 Å². The molecule has 0 bridgehead atoms. The molecule has 1 N–H and O–H groups in total. The highest BCUT2D eigenvalue weighted by atomic mass is 32.2. The minimum Gasteiger partial charge on any atom is -0.491 e. The highest BCUT2D eigenvalue weighted by Gasteiger charge is 2.10. The van der Waals surface area contributed by atoms with Crippen LogP contribution in [0.4, 0.5) is 0 Å². The van der Waals surface area contributed by atoms with E-state index in [9.17, 15) is 13.2 Å². The molecule has 1 aromatic heterocycles. The van der Waals surface area contributed by atoms with Crippen LogP contribution in [0, 0.1) is 0 Å². The average molecular weight is 259 g/mol. The third-order valence-electron chi connectivity index (χ3n) is 1.93. The smallest absolute Gasteiger partial charge is 0.339 e.